The molecule has 4 heterocycles. The van der Waals surface area contributed by atoms with Crippen molar-refractivity contribution >= 4 is 18.0 Å². The van der Waals surface area contributed by atoms with Gasteiger partial charge in [0.1, 0.15) is 18.4 Å². The number of aliphatic hydroxyl groups is 1. The Morgan fingerprint density at radius 3 is 2.69 bits per heavy atom. The number of hydrogen-bond donors (Lipinski definition) is 1. The first kappa shape index (κ1) is 16.0. The van der Waals surface area contributed by atoms with E-state index in [0.717, 1.165) is 22.8 Å². The summed E-state index contributed by atoms with van der Waals surface area (Å²) in [5, 5.41) is 22.6. The maximum absolute atomic E-state index is 10.1. The van der Waals surface area contributed by atoms with E-state index in [-0.39, 0.29) is 12.8 Å². The molecule has 0 spiro atoms. The molecule has 2 aromatic heterocycles. The van der Waals surface area contributed by atoms with Gasteiger partial charge < -0.3 is 5.11 Å². The highest BCUT2D eigenvalue weighted by molar-refractivity contribution is 5.87. The Kier molecular flexibility index (Phi) is 3.32. The van der Waals surface area contributed by atoms with Gasteiger partial charge in [0.2, 0.25) is 5.82 Å². The number of anilines is 2. The zero-order chi connectivity index (χ0) is 19.4. The Hall–Kier alpha value is -3.98. The number of nitrogens with zero attached hydrogens (tertiary/aromatic N) is 8. The third kappa shape index (κ3) is 2.18. The Morgan fingerprint density at radius 2 is 1.83 bits per heavy atom. The quantitative estimate of drug-likeness (QED) is 0.583. The van der Waals surface area contributed by atoms with Crippen molar-refractivity contribution in [1.82, 2.24) is 24.5 Å². The van der Waals surface area contributed by atoms with Gasteiger partial charge in [-0.05, 0) is 18.2 Å². The number of aliphatic imine (C=N–C) groups is 1. The third-order valence-corrected chi connectivity index (χ3v) is 5.22. The van der Waals surface area contributed by atoms with E-state index in [1.807, 2.05) is 57.0 Å². The normalized spacial score (nSPS) is 16.7. The molecule has 2 aliphatic rings. The molecule has 2 aromatic carbocycles. The molecule has 9 heteroatoms. The second-order valence-electron chi connectivity index (χ2n) is 6.77. The molecule has 1 atom stereocenters. The van der Waals surface area contributed by atoms with Crippen LogP contribution in [0.4, 0.5) is 11.6 Å². The van der Waals surface area contributed by atoms with E-state index in [4.69, 9.17) is 4.99 Å². The van der Waals surface area contributed by atoms with Crippen LogP contribution in [0.1, 0.15) is 17.4 Å². The van der Waals surface area contributed by atoms with Gasteiger partial charge in [0, 0.05) is 5.56 Å². The molecule has 0 fully saturated rings. The molecule has 0 radical (unpaired) electrons. The van der Waals surface area contributed by atoms with E-state index < -0.39 is 0 Å². The van der Waals surface area contributed by atoms with Crippen LogP contribution >= 0.6 is 0 Å². The summed E-state index contributed by atoms with van der Waals surface area (Å²) >= 11 is 0. The first-order valence-electron chi connectivity index (χ1n) is 9.21. The number of benzene rings is 2. The average molecular weight is 384 g/mol. The zero-order valence-corrected chi connectivity index (χ0v) is 15.2. The zero-order valence-electron chi connectivity index (χ0n) is 15.2. The third-order valence-electron chi connectivity index (χ3n) is 5.22. The highest BCUT2D eigenvalue weighted by atomic mass is 16.3. The first-order chi connectivity index (χ1) is 14.4. The summed E-state index contributed by atoms with van der Waals surface area (Å²) < 4.78 is 3.67. The van der Waals surface area contributed by atoms with Crippen LogP contribution in [0.5, 0.6) is 0 Å². The Labute approximate surface area is 165 Å². The molecule has 0 bridgehead atoms. The fourth-order valence-electron chi connectivity index (χ4n) is 3.92. The van der Waals surface area contributed by atoms with Crippen molar-refractivity contribution < 1.29 is 5.11 Å². The van der Waals surface area contributed by atoms with Crippen LogP contribution in [0.3, 0.4) is 0 Å². The summed E-state index contributed by atoms with van der Waals surface area (Å²) in [7, 11) is 0. The van der Waals surface area contributed by atoms with Gasteiger partial charge in [-0.3, -0.25) is 4.57 Å². The average Bonchev–Trinajstić information content (AvgIpc) is 3.51. The van der Waals surface area contributed by atoms with Gasteiger partial charge in [-0.25, -0.2) is 24.7 Å². The Bertz CT molecular complexity index is 1230. The van der Waals surface area contributed by atoms with Crippen molar-refractivity contribution in [2.75, 3.05) is 10.0 Å². The molecule has 4 aromatic rings. The molecule has 0 saturated carbocycles. The van der Waals surface area contributed by atoms with E-state index in [1.54, 1.807) is 23.5 Å². The number of hydrazine groups is 1. The smallest absolute Gasteiger partial charge is 0.201 e. The summed E-state index contributed by atoms with van der Waals surface area (Å²) in [5.41, 5.74) is 3.53. The summed E-state index contributed by atoms with van der Waals surface area (Å²) in [6, 6.07) is 17.7. The molecule has 1 unspecified atom stereocenters. The van der Waals surface area contributed by atoms with Crippen LogP contribution in [-0.4, -0.2) is 36.0 Å². The highest BCUT2D eigenvalue weighted by Gasteiger charge is 2.40. The molecule has 0 saturated heterocycles. The van der Waals surface area contributed by atoms with Crippen molar-refractivity contribution in [2.24, 2.45) is 4.99 Å². The number of fused-ring (bicyclic) bond motifs is 6. The predicted octanol–water partition coefficient (Wildman–Crippen LogP) is 2.23. The van der Waals surface area contributed by atoms with Crippen LogP contribution in [0, 0.1) is 0 Å². The summed E-state index contributed by atoms with van der Waals surface area (Å²) in [5.74, 6) is 1.39. The summed E-state index contributed by atoms with van der Waals surface area (Å²) in [6.07, 6.45) is 5.08. The number of hydrogen-bond acceptors (Lipinski definition) is 7. The highest BCUT2D eigenvalue weighted by Crippen LogP contribution is 2.43. The van der Waals surface area contributed by atoms with Crippen LogP contribution < -0.4 is 10.0 Å². The monoisotopic (exact) mass is 384 g/mol. The maximum atomic E-state index is 10.1. The minimum Gasteiger partial charge on any atom is -0.390 e. The molecular formula is C20H16N8O. The lowest BCUT2D eigenvalue weighted by Gasteiger charge is -2.36. The fraction of sp³-hybridized carbons (Fsp3) is 0.100. The van der Waals surface area contributed by atoms with E-state index in [1.165, 1.54) is 0 Å². The van der Waals surface area contributed by atoms with Gasteiger partial charge in [0.15, 0.2) is 12.0 Å². The van der Waals surface area contributed by atoms with E-state index >= 15 is 0 Å². The summed E-state index contributed by atoms with van der Waals surface area (Å²) in [4.78, 5) is 9.05. The molecule has 0 aliphatic carbocycles. The minimum atomic E-state index is -0.233. The van der Waals surface area contributed by atoms with Crippen molar-refractivity contribution in [2.45, 2.75) is 12.8 Å². The molecule has 1 N–H and O–H groups in total. The second kappa shape index (κ2) is 6.01. The molecule has 2 aliphatic heterocycles. The van der Waals surface area contributed by atoms with Crippen molar-refractivity contribution in [1.29, 1.82) is 0 Å². The van der Waals surface area contributed by atoms with Crippen LogP contribution in [0.15, 0.2) is 72.1 Å². The number of aromatic nitrogens is 5. The fourth-order valence-corrected chi connectivity index (χ4v) is 3.92. The van der Waals surface area contributed by atoms with Crippen LogP contribution in [0.2, 0.25) is 0 Å². The molecule has 0 amide bonds. The topological polar surface area (TPSA) is 87.6 Å². The SMILES string of the molecule is OCc1c(N2C=NC3c4ccccc4-n4cncc4N32)nnn1-c1ccccc1. The van der Waals surface area contributed by atoms with Crippen LogP contribution in [-0.2, 0) is 6.61 Å². The summed E-state index contributed by atoms with van der Waals surface area (Å²) in [6.45, 7) is -0.212. The minimum absolute atomic E-state index is 0.212. The van der Waals surface area contributed by atoms with E-state index in [0.29, 0.717) is 11.5 Å². The molecule has 142 valence electrons. The van der Waals surface area contributed by atoms with Crippen molar-refractivity contribution in [3.8, 4) is 11.4 Å². The Balaban J connectivity index is 1.49. The molecule has 6 rings (SSSR count). The number of imidazole rings is 1. The van der Waals surface area contributed by atoms with E-state index in [2.05, 4.69) is 27.4 Å². The largest absolute Gasteiger partial charge is 0.390 e. The van der Waals surface area contributed by atoms with Gasteiger partial charge in [0.25, 0.3) is 0 Å². The number of aliphatic hydroxyl groups excluding tert-OH is 1. The van der Waals surface area contributed by atoms with Crippen LogP contribution in [0.25, 0.3) is 11.4 Å². The molecule has 9 nitrogen and oxygen atoms in total. The lowest BCUT2D eigenvalue weighted by Crippen LogP contribution is -2.43. The Morgan fingerprint density at radius 1 is 1.00 bits per heavy atom. The standard InChI is InChI=1S/C20H16N8O/c29-11-17-20(23-24-27(17)14-6-2-1-3-7-14)26-13-22-19-15-8-4-5-9-16(15)25-12-21-10-18(25)28(19)26/h1-10,12-13,19,29H,11H2. The lowest BCUT2D eigenvalue weighted by atomic mass is 10.1. The molecular weight excluding hydrogens is 368 g/mol. The van der Waals surface area contributed by atoms with Crippen molar-refractivity contribution in [3.05, 3.63) is 78.4 Å². The van der Waals surface area contributed by atoms with E-state index in [9.17, 15) is 5.11 Å². The van der Waals surface area contributed by atoms with Gasteiger partial charge in [-0.1, -0.05) is 41.6 Å². The number of para-hydroxylation sites is 2. The second-order valence-corrected chi connectivity index (χ2v) is 6.77. The first-order valence-corrected chi connectivity index (χ1v) is 9.21. The maximum Gasteiger partial charge on any atom is 0.201 e. The lowest BCUT2D eigenvalue weighted by molar-refractivity contribution is 0.273. The molecule has 29 heavy (non-hydrogen) atoms. The van der Waals surface area contributed by atoms with Gasteiger partial charge >= 0.3 is 0 Å². The van der Waals surface area contributed by atoms with Gasteiger partial charge in [0.05, 0.1) is 24.2 Å². The number of rotatable bonds is 3. The van der Waals surface area contributed by atoms with Gasteiger partial charge in [-0.2, -0.15) is 0 Å². The van der Waals surface area contributed by atoms with Gasteiger partial charge in [-0.15, -0.1) is 5.10 Å². The van der Waals surface area contributed by atoms with Crippen molar-refractivity contribution in [3.63, 3.8) is 0 Å². The predicted molar refractivity (Wildman–Crippen MR) is 107 cm³/mol.